The van der Waals surface area contributed by atoms with Crippen LogP contribution in [0.3, 0.4) is 0 Å². The Morgan fingerprint density at radius 2 is 1.95 bits per heavy atom. The molecule has 0 aromatic rings. The highest BCUT2D eigenvalue weighted by Gasteiger charge is 2.29. The standard InChI is InChI=1S/C11H23N3O3S.ClH/c1-4-13(5-2)18(16,17)9-11(15)14-7-6-12-8-10(14)3;/h10,12H,4-9H2,1-3H3;1H/t10-;/m0./s1. The van der Waals surface area contributed by atoms with Gasteiger partial charge in [-0.15, -0.1) is 12.4 Å². The predicted octanol–water partition coefficient (Wildman–Crippen LogP) is -0.0999. The van der Waals surface area contributed by atoms with Crippen LogP contribution in [0.15, 0.2) is 0 Å². The molecule has 8 heteroatoms. The molecule has 0 aromatic carbocycles. The molecule has 19 heavy (non-hydrogen) atoms. The first kappa shape index (κ1) is 18.6. The van der Waals surface area contributed by atoms with Crippen LogP contribution in [0.25, 0.3) is 0 Å². The molecule has 1 saturated heterocycles. The number of carbonyl (C=O) groups is 1. The molecular formula is C11H24ClN3O3S. The predicted molar refractivity (Wildman–Crippen MR) is 78.0 cm³/mol. The molecule has 0 aliphatic carbocycles. The molecule has 1 N–H and O–H groups in total. The van der Waals surface area contributed by atoms with Crippen LogP contribution in [0.1, 0.15) is 20.8 Å². The number of hydrogen-bond donors (Lipinski definition) is 1. The van der Waals surface area contributed by atoms with Crippen molar-refractivity contribution in [2.45, 2.75) is 26.8 Å². The Kier molecular flexibility index (Phi) is 7.88. The quantitative estimate of drug-likeness (QED) is 0.769. The van der Waals surface area contributed by atoms with Crippen LogP contribution in [0.2, 0.25) is 0 Å². The van der Waals surface area contributed by atoms with E-state index in [4.69, 9.17) is 0 Å². The summed E-state index contributed by atoms with van der Waals surface area (Å²) in [7, 11) is -3.47. The maximum absolute atomic E-state index is 12.1. The molecule has 0 radical (unpaired) electrons. The molecule has 1 atom stereocenters. The van der Waals surface area contributed by atoms with Gasteiger partial charge >= 0.3 is 0 Å². The fraction of sp³-hybridized carbons (Fsp3) is 0.909. The van der Waals surface area contributed by atoms with Gasteiger partial charge in [0.25, 0.3) is 0 Å². The van der Waals surface area contributed by atoms with Gasteiger partial charge < -0.3 is 10.2 Å². The van der Waals surface area contributed by atoms with E-state index < -0.39 is 15.8 Å². The van der Waals surface area contributed by atoms with Crippen LogP contribution in [0.5, 0.6) is 0 Å². The van der Waals surface area contributed by atoms with E-state index in [2.05, 4.69) is 5.32 Å². The minimum atomic E-state index is -3.47. The van der Waals surface area contributed by atoms with Gasteiger partial charge in [-0.25, -0.2) is 12.7 Å². The van der Waals surface area contributed by atoms with Crippen molar-refractivity contribution in [1.82, 2.24) is 14.5 Å². The summed E-state index contributed by atoms with van der Waals surface area (Å²) in [6.45, 7) is 8.31. The van der Waals surface area contributed by atoms with Crippen LogP contribution in [0, 0.1) is 0 Å². The Morgan fingerprint density at radius 1 is 1.37 bits per heavy atom. The second-order valence-electron chi connectivity index (χ2n) is 4.48. The lowest BCUT2D eigenvalue weighted by molar-refractivity contribution is -0.131. The number of halogens is 1. The monoisotopic (exact) mass is 313 g/mol. The minimum absolute atomic E-state index is 0. The molecule has 1 amide bonds. The molecule has 0 bridgehead atoms. The summed E-state index contributed by atoms with van der Waals surface area (Å²) in [4.78, 5) is 13.7. The number of carbonyl (C=O) groups excluding carboxylic acids is 1. The second-order valence-corrected chi connectivity index (χ2v) is 6.45. The van der Waals surface area contributed by atoms with Crippen molar-refractivity contribution in [3.63, 3.8) is 0 Å². The zero-order valence-electron chi connectivity index (χ0n) is 11.8. The molecule has 0 unspecified atom stereocenters. The number of nitrogens with one attached hydrogen (secondary N) is 1. The third-order valence-corrected chi connectivity index (χ3v) is 5.14. The summed E-state index contributed by atoms with van der Waals surface area (Å²) in [5.74, 6) is -0.713. The lowest BCUT2D eigenvalue weighted by Gasteiger charge is -2.34. The van der Waals surface area contributed by atoms with E-state index >= 15 is 0 Å². The lowest BCUT2D eigenvalue weighted by atomic mass is 10.2. The first-order chi connectivity index (χ1) is 8.42. The Hall–Kier alpha value is -0.370. The van der Waals surface area contributed by atoms with Crippen LogP contribution in [-0.4, -0.2) is 68.0 Å². The normalized spacial score (nSPS) is 20.2. The lowest BCUT2D eigenvalue weighted by Crippen LogP contribution is -2.54. The largest absolute Gasteiger partial charge is 0.337 e. The zero-order valence-corrected chi connectivity index (χ0v) is 13.4. The van der Waals surface area contributed by atoms with Gasteiger partial charge in [0.2, 0.25) is 15.9 Å². The minimum Gasteiger partial charge on any atom is -0.337 e. The number of piperazine rings is 1. The highest BCUT2D eigenvalue weighted by Crippen LogP contribution is 2.07. The van der Waals surface area contributed by atoms with Gasteiger partial charge in [-0.1, -0.05) is 13.8 Å². The van der Waals surface area contributed by atoms with E-state index in [0.29, 0.717) is 19.6 Å². The number of amides is 1. The van der Waals surface area contributed by atoms with E-state index in [1.54, 1.807) is 18.7 Å². The first-order valence-corrected chi connectivity index (χ1v) is 8.01. The summed E-state index contributed by atoms with van der Waals surface area (Å²) in [6, 6.07) is 0.0538. The summed E-state index contributed by atoms with van der Waals surface area (Å²) < 4.78 is 25.4. The Balaban J connectivity index is 0.00000324. The van der Waals surface area contributed by atoms with Gasteiger partial charge in [0, 0.05) is 38.8 Å². The van der Waals surface area contributed by atoms with E-state index in [0.717, 1.165) is 13.1 Å². The molecule has 0 saturated carbocycles. The summed E-state index contributed by atoms with van der Waals surface area (Å²) in [5.41, 5.74) is 0. The van der Waals surface area contributed by atoms with Crippen molar-refractivity contribution < 1.29 is 13.2 Å². The second kappa shape index (κ2) is 8.04. The van der Waals surface area contributed by atoms with Crippen molar-refractivity contribution in [1.29, 1.82) is 0 Å². The van der Waals surface area contributed by atoms with Crippen molar-refractivity contribution in [3.05, 3.63) is 0 Å². The van der Waals surface area contributed by atoms with Crippen LogP contribution < -0.4 is 5.32 Å². The first-order valence-electron chi connectivity index (χ1n) is 6.40. The van der Waals surface area contributed by atoms with Crippen LogP contribution in [-0.2, 0) is 14.8 Å². The average Bonchev–Trinajstić information content (AvgIpc) is 2.29. The van der Waals surface area contributed by atoms with Gasteiger partial charge in [0.15, 0.2) is 0 Å². The maximum Gasteiger partial charge on any atom is 0.239 e. The Labute approximate surface area is 122 Å². The number of nitrogens with zero attached hydrogens (tertiary/aromatic N) is 2. The third-order valence-electron chi connectivity index (χ3n) is 3.23. The van der Waals surface area contributed by atoms with Gasteiger partial charge in [0.05, 0.1) is 0 Å². The highest BCUT2D eigenvalue weighted by atomic mass is 35.5. The zero-order chi connectivity index (χ0) is 13.8. The van der Waals surface area contributed by atoms with E-state index in [-0.39, 0.29) is 24.4 Å². The van der Waals surface area contributed by atoms with Crippen molar-refractivity contribution in [2.75, 3.05) is 38.5 Å². The van der Waals surface area contributed by atoms with Crippen LogP contribution >= 0.6 is 12.4 Å². The van der Waals surface area contributed by atoms with E-state index in [9.17, 15) is 13.2 Å². The van der Waals surface area contributed by atoms with Gasteiger partial charge in [0.1, 0.15) is 5.75 Å². The summed E-state index contributed by atoms with van der Waals surface area (Å²) in [6.07, 6.45) is 0. The van der Waals surface area contributed by atoms with E-state index in [1.165, 1.54) is 4.31 Å². The number of hydrogen-bond acceptors (Lipinski definition) is 4. The van der Waals surface area contributed by atoms with Crippen molar-refractivity contribution >= 4 is 28.3 Å². The smallest absolute Gasteiger partial charge is 0.239 e. The maximum atomic E-state index is 12.1. The molecule has 1 rings (SSSR count). The summed E-state index contributed by atoms with van der Waals surface area (Å²) in [5, 5.41) is 3.17. The molecule has 114 valence electrons. The average molecular weight is 314 g/mol. The molecule has 1 fully saturated rings. The summed E-state index contributed by atoms with van der Waals surface area (Å²) >= 11 is 0. The Bertz CT molecular complexity index is 385. The van der Waals surface area contributed by atoms with Gasteiger partial charge in [-0.05, 0) is 6.92 Å². The third kappa shape index (κ3) is 4.91. The molecule has 1 heterocycles. The number of rotatable bonds is 5. The topological polar surface area (TPSA) is 69.7 Å². The molecular weight excluding hydrogens is 290 g/mol. The Morgan fingerprint density at radius 3 is 2.42 bits per heavy atom. The molecule has 1 aliphatic heterocycles. The van der Waals surface area contributed by atoms with Crippen molar-refractivity contribution in [3.8, 4) is 0 Å². The van der Waals surface area contributed by atoms with E-state index in [1.807, 2.05) is 6.92 Å². The molecule has 0 aromatic heterocycles. The molecule has 0 spiro atoms. The van der Waals surface area contributed by atoms with Crippen molar-refractivity contribution in [2.24, 2.45) is 0 Å². The van der Waals surface area contributed by atoms with Gasteiger partial charge in [-0.3, -0.25) is 4.79 Å². The molecule has 6 nitrogen and oxygen atoms in total. The molecule has 1 aliphatic rings. The fourth-order valence-electron chi connectivity index (χ4n) is 2.16. The SMILES string of the molecule is CCN(CC)S(=O)(=O)CC(=O)N1CCNC[C@@H]1C.Cl. The number of sulfonamides is 1. The van der Waals surface area contributed by atoms with Gasteiger partial charge in [-0.2, -0.15) is 0 Å². The highest BCUT2D eigenvalue weighted by molar-refractivity contribution is 7.89. The fourth-order valence-corrected chi connectivity index (χ4v) is 3.61. The van der Waals surface area contributed by atoms with Crippen LogP contribution in [0.4, 0.5) is 0 Å².